The second-order valence-electron chi connectivity index (χ2n) is 3.36. The molecule has 74 valence electrons. The van der Waals surface area contributed by atoms with Crippen molar-refractivity contribution in [3.8, 4) is 5.75 Å². The second-order valence-corrected chi connectivity index (χ2v) is 4.17. The zero-order valence-electron chi connectivity index (χ0n) is 7.68. The molecule has 0 amide bonds. The first-order valence-corrected chi connectivity index (χ1v) is 5.29. The molecule has 0 bridgehead atoms. The number of halogens is 1. The molecule has 0 unspecified atom stereocenters. The Morgan fingerprint density at radius 2 is 2.13 bits per heavy atom. The second kappa shape index (κ2) is 2.97. The van der Waals surface area contributed by atoms with Crippen molar-refractivity contribution in [1.82, 2.24) is 9.38 Å². The summed E-state index contributed by atoms with van der Waals surface area (Å²) in [5, 5.41) is 11.5. The molecule has 1 aromatic carbocycles. The van der Waals surface area contributed by atoms with E-state index in [4.69, 9.17) is 0 Å². The van der Waals surface area contributed by atoms with Crippen LogP contribution in [0.15, 0.2) is 41.3 Å². The SMILES string of the molecule is Oc1ccc2ccn3c(Br)cnc3c2c1. The molecule has 3 nitrogen and oxygen atoms in total. The Morgan fingerprint density at radius 1 is 1.27 bits per heavy atom. The van der Waals surface area contributed by atoms with Gasteiger partial charge in [-0.25, -0.2) is 4.98 Å². The van der Waals surface area contributed by atoms with E-state index in [0.717, 1.165) is 21.0 Å². The quantitative estimate of drug-likeness (QED) is 0.677. The number of phenols is 1. The highest BCUT2D eigenvalue weighted by atomic mass is 79.9. The molecule has 0 fully saturated rings. The van der Waals surface area contributed by atoms with Crippen LogP contribution in [0.3, 0.4) is 0 Å². The molecule has 0 atom stereocenters. The van der Waals surface area contributed by atoms with Gasteiger partial charge < -0.3 is 5.11 Å². The third-order valence-corrected chi connectivity index (χ3v) is 3.02. The zero-order valence-corrected chi connectivity index (χ0v) is 9.27. The standard InChI is InChI=1S/C11H7BrN2O/c12-10-6-13-11-9-5-8(15)2-1-7(9)3-4-14(10)11/h1-6,15H. The Morgan fingerprint density at radius 3 is 3.00 bits per heavy atom. The normalized spacial score (nSPS) is 11.3. The Hall–Kier alpha value is -1.55. The summed E-state index contributed by atoms with van der Waals surface area (Å²) in [6.45, 7) is 0. The molecular formula is C11H7BrN2O. The highest BCUT2D eigenvalue weighted by Crippen LogP contribution is 2.25. The lowest BCUT2D eigenvalue weighted by Gasteiger charge is -2.01. The molecule has 1 N–H and O–H groups in total. The lowest BCUT2D eigenvalue weighted by molar-refractivity contribution is 0.476. The Labute approximate surface area is 94.1 Å². The summed E-state index contributed by atoms with van der Waals surface area (Å²) in [4.78, 5) is 4.29. The summed E-state index contributed by atoms with van der Waals surface area (Å²) in [6, 6.07) is 7.28. The number of hydrogen-bond acceptors (Lipinski definition) is 2. The molecule has 0 saturated heterocycles. The summed E-state index contributed by atoms with van der Waals surface area (Å²) in [5.74, 6) is 0.259. The number of rotatable bonds is 0. The first-order chi connectivity index (χ1) is 7.25. The van der Waals surface area contributed by atoms with E-state index in [1.807, 2.05) is 22.7 Å². The van der Waals surface area contributed by atoms with E-state index in [0.29, 0.717) is 0 Å². The molecule has 4 heteroatoms. The molecule has 0 aliphatic heterocycles. The molecule has 0 aliphatic carbocycles. The van der Waals surface area contributed by atoms with Gasteiger partial charge in [-0.05, 0) is 39.5 Å². The Bertz CT molecular complexity index is 660. The van der Waals surface area contributed by atoms with E-state index in [1.54, 1.807) is 18.3 Å². The van der Waals surface area contributed by atoms with Gasteiger partial charge >= 0.3 is 0 Å². The van der Waals surface area contributed by atoms with Crippen LogP contribution >= 0.6 is 15.9 Å². The van der Waals surface area contributed by atoms with Gasteiger partial charge in [0.1, 0.15) is 16.0 Å². The van der Waals surface area contributed by atoms with Crippen LogP contribution in [0, 0.1) is 0 Å². The van der Waals surface area contributed by atoms with E-state index in [9.17, 15) is 5.11 Å². The molecule has 15 heavy (non-hydrogen) atoms. The van der Waals surface area contributed by atoms with Crippen molar-refractivity contribution in [3.05, 3.63) is 41.3 Å². The predicted octanol–water partition coefficient (Wildman–Crippen LogP) is 2.96. The van der Waals surface area contributed by atoms with Gasteiger partial charge in [0.25, 0.3) is 0 Å². The average molecular weight is 263 g/mol. The summed E-state index contributed by atoms with van der Waals surface area (Å²) >= 11 is 3.41. The van der Waals surface area contributed by atoms with E-state index >= 15 is 0 Å². The minimum absolute atomic E-state index is 0.259. The number of imidazole rings is 1. The molecule has 0 saturated carbocycles. The molecule has 3 aromatic rings. The maximum Gasteiger partial charge on any atom is 0.145 e. The van der Waals surface area contributed by atoms with Crippen LogP contribution in [0.25, 0.3) is 16.4 Å². The minimum Gasteiger partial charge on any atom is -0.508 e. The summed E-state index contributed by atoms with van der Waals surface area (Å²) < 4.78 is 2.84. The van der Waals surface area contributed by atoms with E-state index in [1.165, 1.54) is 0 Å². The van der Waals surface area contributed by atoms with Crippen molar-refractivity contribution < 1.29 is 5.11 Å². The maximum atomic E-state index is 9.45. The summed E-state index contributed by atoms with van der Waals surface area (Å²) in [7, 11) is 0. The van der Waals surface area contributed by atoms with Crippen LogP contribution in [0.4, 0.5) is 0 Å². The molecule has 2 aromatic heterocycles. The molecule has 3 rings (SSSR count). The van der Waals surface area contributed by atoms with Crippen molar-refractivity contribution in [2.75, 3.05) is 0 Å². The van der Waals surface area contributed by atoms with E-state index in [-0.39, 0.29) is 5.75 Å². The van der Waals surface area contributed by atoms with Gasteiger partial charge in [-0.1, -0.05) is 6.07 Å². The van der Waals surface area contributed by atoms with E-state index < -0.39 is 0 Å². The van der Waals surface area contributed by atoms with Gasteiger partial charge in [0.05, 0.1) is 6.20 Å². The van der Waals surface area contributed by atoms with Crippen molar-refractivity contribution in [1.29, 1.82) is 0 Å². The summed E-state index contributed by atoms with van der Waals surface area (Å²) in [6.07, 6.45) is 3.70. The number of aromatic hydroxyl groups is 1. The van der Waals surface area contributed by atoms with Crippen molar-refractivity contribution >= 4 is 32.3 Å². The average Bonchev–Trinajstić information content (AvgIpc) is 2.61. The van der Waals surface area contributed by atoms with E-state index in [2.05, 4.69) is 20.9 Å². The topological polar surface area (TPSA) is 37.5 Å². The number of fused-ring (bicyclic) bond motifs is 3. The van der Waals surface area contributed by atoms with Gasteiger partial charge in [0.15, 0.2) is 0 Å². The van der Waals surface area contributed by atoms with Crippen molar-refractivity contribution in [2.24, 2.45) is 0 Å². The predicted molar refractivity (Wildman–Crippen MR) is 62.1 cm³/mol. The van der Waals surface area contributed by atoms with Crippen LogP contribution in [-0.2, 0) is 0 Å². The number of nitrogens with zero attached hydrogens (tertiary/aromatic N) is 2. The highest BCUT2D eigenvalue weighted by molar-refractivity contribution is 9.10. The largest absolute Gasteiger partial charge is 0.508 e. The number of aromatic nitrogens is 2. The van der Waals surface area contributed by atoms with Gasteiger partial charge in [-0.2, -0.15) is 0 Å². The third-order valence-electron chi connectivity index (χ3n) is 2.43. The smallest absolute Gasteiger partial charge is 0.145 e. The number of hydrogen-bond donors (Lipinski definition) is 1. The van der Waals surface area contributed by atoms with Crippen LogP contribution in [-0.4, -0.2) is 14.5 Å². The van der Waals surface area contributed by atoms with Crippen LogP contribution < -0.4 is 0 Å². The van der Waals surface area contributed by atoms with Crippen LogP contribution in [0.1, 0.15) is 0 Å². The first kappa shape index (κ1) is 8.73. The number of benzene rings is 1. The molecule has 2 heterocycles. The van der Waals surface area contributed by atoms with Gasteiger partial charge in [0, 0.05) is 11.6 Å². The number of pyridine rings is 1. The van der Waals surface area contributed by atoms with Crippen LogP contribution in [0.5, 0.6) is 5.75 Å². The Kier molecular flexibility index (Phi) is 1.73. The van der Waals surface area contributed by atoms with Crippen LogP contribution in [0.2, 0.25) is 0 Å². The number of phenolic OH excluding ortho intramolecular Hbond substituents is 1. The lowest BCUT2D eigenvalue weighted by Crippen LogP contribution is -1.85. The van der Waals surface area contributed by atoms with Gasteiger partial charge in [-0.15, -0.1) is 0 Å². The fourth-order valence-corrected chi connectivity index (χ4v) is 2.11. The fraction of sp³-hybridized carbons (Fsp3) is 0. The lowest BCUT2D eigenvalue weighted by atomic mass is 10.1. The zero-order chi connectivity index (χ0) is 10.4. The molecule has 0 radical (unpaired) electrons. The molecule has 0 aliphatic rings. The first-order valence-electron chi connectivity index (χ1n) is 4.50. The fourth-order valence-electron chi connectivity index (χ4n) is 1.72. The molecule has 0 spiro atoms. The molecular weight excluding hydrogens is 256 g/mol. The minimum atomic E-state index is 0.259. The third kappa shape index (κ3) is 1.22. The highest BCUT2D eigenvalue weighted by Gasteiger charge is 2.05. The monoisotopic (exact) mass is 262 g/mol. The Balaban J connectivity index is 2.57. The van der Waals surface area contributed by atoms with Crippen molar-refractivity contribution in [3.63, 3.8) is 0 Å². The summed E-state index contributed by atoms with van der Waals surface area (Å²) in [5.41, 5.74) is 0.843. The maximum absolute atomic E-state index is 9.45. The van der Waals surface area contributed by atoms with Gasteiger partial charge in [0.2, 0.25) is 0 Å². The van der Waals surface area contributed by atoms with Crippen molar-refractivity contribution in [2.45, 2.75) is 0 Å². The van der Waals surface area contributed by atoms with Gasteiger partial charge in [-0.3, -0.25) is 4.40 Å².